The van der Waals surface area contributed by atoms with E-state index < -0.39 is 0 Å². The number of benzene rings is 2. The van der Waals surface area contributed by atoms with Crippen LogP contribution in [0.15, 0.2) is 72.3 Å². The van der Waals surface area contributed by atoms with Gasteiger partial charge in [-0.2, -0.15) is 0 Å². The summed E-state index contributed by atoms with van der Waals surface area (Å²) in [7, 11) is 0. The van der Waals surface area contributed by atoms with Crippen LogP contribution in [0.25, 0.3) is 0 Å². The Kier molecular flexibility index (Phi) is 2.75. The molecule has 2 unspecified atom stereocenters. The van der Waals surface area contributed by atoms with Crippen molar-refractivity contribution in [2.24, 2.45) is 0 Å². The fourth-order valence-electron chi connectivity index (χ4n) is 3.55. The monoisotopic (exact) mass is 273 g/mol. The molecule has 0 saturated carbocycles. The second kappa shape index (κ2) is 4.63. The highest BCUT2D eigenvalue weighted by Gasteiger charge is 2.37. The first-order chi connectivity index (χ1) is 10.2. The first-order valence-corrected chi connectivity index (χ1v) is 7.55. The number of para-hydroxylation sites is 1. The van der Waals surface area contributed by atoms with Crippen LogP contribution in [0.5, 0.6) is 0 Å². The van der Waals surface area contributed by atoms with Gasteiger partial charge in [0.1, 0.15) is 0 Å². The molecular formula is C20H19N. The summed E-state index contributed by atoms with van der Waals surface area (Å²) in [6.45, 7) is 4.36. The van der Waals surface area contributed by atoms with Gasteiger partial charge in [0.25, 0.3) is 0 Å². The van der Waals surface area contributed by atoms with Crippen LogP contribution in [0.3, 0.4) is 0 Å². The van der Waals surface area contributed by atoms with E-state index in [9.17, 15) is 0 Å². The molecule has 0 spiro atoms. The van der Waals surface area contributed by atoms with Gasteiger partial charge < -0.3 is 4.90 Å². The zero-order valence-electron chi connectivity index (χ0n) is 12.5. The summed E-state index contributed by atoms with van der Waals surface area (Å²) in [5.74, 6) is 0.463. The van der Waals surface area contributed by atoms with Crippen molar-refractivity contribution >= 4 is 11.4 Å². The number of rotatable bonds is 1. The maximum absolute atomic E-state index is 2.47. The summed E-state index contributed by atoms with van der Waals surface area (Å²) >= 11 is 0. The van der Waals surface area contributed by atoms with Crippen molar-refractivity contribution in [1.82, 2.24) is 0 Å². The van der Waals surface area contributed by atoms with Crippen molar-refractivity contribution in [3.63, 3.8) is 0 Å². The molecule has 2 aromatic carbocycles. The van der Waals surface area contributed by atoms with Crippen molar-refractivity contribution < 1.29 is 0 Å². The number of hydrogen-bond donors (Lipinski definition) is 0. The molecule has 1 nitrogen and oxygen atoms in total. The Balaban J connectivity index is 1.91. The molecule has 2 aliphatic rings. The van der Waals surface area contributed by atoms with Crippen LogP contribution in [0.2, 0.25) is 0 Å². The Morgan fingerprint density at radius 3 is 2.57 bits per heavy atom. The summed E-state index contributed by atoms with van der Waals surface area (Å²) in [6, 6.07) is 17.9. The average molecular weight is 273 g/mol. The lowest BCUT2D eigenvalue weighted by Gasteiger charge is -2.29. The van der Waals surface area contributed by atoms with Gasteiger partial charge in [0.15, 0.2) is 0 Å². The van der Waals surface area contributed by atoms with E-state index >= 15 is 0 Å². The molecule has 1 aliphatic carbocycles. The van der Waals surface area contributed by atoms with Crippen molar-refractivity contribution in [2.45, 2.75) is 25.8 Å². The van der Waals surface area contributed by atoms with Gasteiger partial charge in [-0.25, -0.2) is 0 Å². The molecule has 0 aromatic heterocycles. The van der Waals surface area contributed by atoms with Crippen molar-refractivity contribution in [1.29, 1.82) is 0 Å². The number of hydrogen-bond acceptors (Lipinski definition) is 1. The molecule has 1 aliphatic heterocycles. The van der Waals surface area contributed by atoms with Gasteiger partial charge in [0, 0.05) is 17.3 Å². The Labute approximate surface area is 126 Å². The second-order valence-electron chi connectivity index (χ2n) is 6.05. The van der Waals surface area contributed by atoms with Gasteiger partial charge in [-0.1, -0.05) is 59.7 Å². The first-order valence-electron chi connectivity index (χ1n) is 7.55. The van der Waals surface area contributed by atoms with Crippen molar-refractivity contribution in [2.75, 3.05) is 4.90 Å². The highest BCUT2D eigenvalue weighted by Crippen LogP contribution is 2.48. The van der Waals surface area contributed by atoms with Crippen molar-refractivity contribution in [3.8, 4) is 0 Å². The summed E-state index contributed by atoms with van der Waals surface area (Å²) in [5.41, 5.74) is 6.76. The topological polar surface area (TPSA) is 3.24 Å². The Bertz CT molecular complexity index is 740. The van der Waals surface area contributed by atoms with Crippen LogP contribution in [0.4, 0.5) is 11.4 Å². The molecule has 1 heteroatoms. The fraction of sp³-hybridized carbons (Fsp3) is 0.200. The van der Waals surface area contributed by atoms with Crippen LogP contribution < -0.4 is 4.90 Å². The zero-order valence-corrected chi connectivity index (χ0v) is 12.5. The predicted molar refractivity (Wildman–Crippen MR) is 89.2 cm³/mol. The van der Waals surface area contributed by atoms with Crippen LogP contribution in [0, 0.1) is 6.92 Å². The Morgan fingerprint density at radius 1 is 0.952 bits per heavy atom. The standard InChI is InChI=1S/C20H19N/c1-14-8-10-19-17(12-14)18-13-15(2)9-11-20(18)21(19)16-6-4-3-5-7-16/h3-13,17,19H,1-2H3. The van der Waals surface area contributed by atoms with E-state index in [-0.39, 0.29) is 0 Å². The lowest BCUT2D eigenvalue weighted by Crippen LogP contribution is -2.28. The molecule has 0 saturated heterocycles. The number of allylic oxidation sites excluding steroid dienone is 2. The summed E-state index contributed by atoms with van der Waals surface area (Å²) < 4.78 is 0. The number of anilines is 2. The summed E-state index contributed by atoms with van der Waals surface area (Å²) in [5, 5.41) is 0. The molecule has 2 aromatic rings. The first kappa shape index (κ1) is 12.5. The number of aryl methyl sites for hydroxylation is 1. The van der Waals surface area contributed by atoms with Gasteiger partial charge in [-0.15, -0.1) is 0 Å². The second-order valence-corrected chi connectivity index (χ2v) is 6.05. The molecule has 0 radical (unpaired) electrons. The highest BCUT2D eigenvalue weighted by atomic mass is 15.2. The van der Waals surface area contributed by atoms with E-state index in [1.165, 1.54) is 28.1 Å². The molecule has 21 heavy (non-hydrogen) atoms. The molecule has 2 atom stereocenters. The average Bonchev–Trinajstić information content (AvgIpc) is 2.81. The van der Waals surface area contributed by atoms with Crippen molar-refractivity contribution in [3.05, 3.63) is 83.5 Å². The molecule has 0 fully saturated rings. The lowest BCUT2D eigenvalue weighted by atomic mass is 9.88. The van der Waals surface area contributed by atoms with Gasteiger partial charge in [0.2, 0.25) is 0 Å². The SMILES string of the molecule is CC1=CC2c3cc(C)ccc3N(c3ccccc3)C2C=C1. The quantitative estimate of drug-likeness (QED) is 0.697. The fourth-order valence-corrected chi connectivity index (χ4v) is 3.55. The largest absolute Gasteiger partial charge is 0.333 e. The van der Waals surface area contributed by atoms with E-state index in [1.807, 2.05) is 0 Å². The van der Waals surface area contributed by atoms with E-state index in [1.54, 1.807) is 0 Å². The van der Waals surface area contributed by atoms with E-state index in [4.69, 9.17) is 0 Å². The Hall–Kier alpha value is -2.28. The molecule has 0 bridgehead atoms. The third-order valence-corrected chi connectivity index (χ3v) is 4.50. The maximum atomic E-state index is 2.47. The van der Waals surface area contributed by atoms with Gasteiger partial charge in [-0.05, 0) is 37.6 Å². The van der Waals surface area contributed by atoms with Crippen LogP contribution >= 0.6 is 0 Å². The Morgan fingerprint density at radius 2 is 1.76 bits per heavy atom. The third-order valence-electron chi connectivity index (χ3n) is 4.50. The molecule has 1 heterocycles. The highest BCUT2D eigenvalue weighted by molar-refractivity contribution is 5.75. The van der Waals surface area contributed by atoms with Crippen LogP contribution in [0.1, 0.15) is 24.0 Å². The minimum absolute atomic E-state index is 0.396. The van der Waals surface area contributed by atoms with Gasteiger partial charge in [0.05, 0.1) is 6.04 Å². The normalized spacial score (nSPS) is 22.8. The summed E-state index contributed by atoms with van der Waals surface area (Å²) in [4.78, 5) is 2.47. The summed E-state index contributed by atoms with van der Waals surface area (Å²) in [6.07, 6.45) is 7.00. The molecule has 0 N–H and O–H groups in total. The molecule has 0 amide bonds. The van der Waals surface area contributed by atoms with Crippen LogP contribution in [-0.2, 0) is 0 Å². The molecular weight excluding hydrogens is 254 g/mol. The molecule has 4 rings (SSSR count). The lowest BCUT2D eigenvalue weighted by molar-refractivity contribution is 0.738. The van der Waals surface area contributed by atoms with E-state index in [0.717, 1.165) is 0 Å². The van der Waals surface area contributed by atoms with Gasteiger partial charge in [-0.3, -0.25) is 0 Å². The predicted octanol–water partition coefficient (Wildman–Crippen LogP) is 5.12. The van der Waals surface area contributed by atoms with E-state index in [2.05, 4.69) is 85.5 Å². The van der Waals surface area contributed by atoms with E-state index in [0.29, 0.717) is 12.0 Å². The third kappa shape index (κ3) is 1.92. The number of fused-ring (bicyclic) bond motifs is 3. The van der Waals surface area contributed by atoms with Crippen LogP contribution in [-0.4, -0.2) is 6.04 Å². The maximum Gasteiger partial charge on any atom is 0.0629 e. The zero-order chi connectivity index (χ0) is 14.4. The number of nitrogens with zero attached hydrogens (tertiary/aromatic N) is 1. The molecule has 104 valence electrons. The minimum atomic E-state index is 0.396. The van der Waals surface area contributed by atoms with Gasteiger partial charge >= 0.3 is 0 Å². The smallest absolute Gasteiger partial charge is 0.0629 e. The minimum Gasteiger partial charge on any atom is -0.333 e.